The molecular formula is C21H27N3O2. The highest BCUT2D eigenvalue weighted by molar-refractivity contribution is 6.01. The molecule has 2 amide bonds. The summed E-state index contributed by atoms with van der Waals surface area (Å²) in [7, 11) is 0. The maximum Gasteiger partial charge on any atom is 0.240 e. The molecule has 0 heterocycles. The Morgan fingerprint density at radius 3 is 2.58 bits per heavy atom. The zero-order valence-electron chi connectivity index (χ0n) is 15.5. The first-order valence-electron chi connectivity index (χ1n) is 8.94. The maximum atomic E-state index is 12.0. The lowest BCUT2D eigenvalue weighted by Gasteiger charge is -2.22. The summed E-state index contributed by atoms with van der Waals surface area (Å²) in [6, 6.07) is 9.67. The van der Waals surface area contributed by atoms with E-state index < -0.39 is 0 Å². The molecule has 1 aliphatic rings. The van der Waals surface area contributed by atoms with Crippen molar-refractivity contribution in [3.8, 4) is 0 Å². The van der Waals surface area contributed by atoms with Gasteiger partial charge in [-0.2, -0.15) is 5.10 Å². The first kappa shape index (κ1) is 19.6. The van der Waals surface area contributed by atoms with Crippen molar-refractivity contribution in [1.82, 2.24) is 10.7 Å². The van der Waals surface area contributed by atoms with Crippen LogP contribution in [-0.4, -0.2) is 17.5 Å². The monoisotopic (exact) mass is 353 g/mol. The average Bonchev–Trinajstić information content (AvgIpc) is 2.64. The number of rotatable bonds is 7. The molecule has 0 saturated heterocycles. The zero-order valence-corrected chi connectivity index (χ0v) is 15.5. The normalized spacial score (nSPS) is 18.2. The van der Waals surface area contributed by atoms with E-state index in [2.05, 4.69) is 28.5 Å². The Morgan fingerprint density at radius 1 is 1.19 bits per heavy atom. The van der Waals surface area contributed by atoms with Crippen LogP contribution in [0.3, 0.4) is 0 Å². The second kappa shape index (κ2) is 9.70. The van der Waals surface area contributed by atoms with Crippen molar-refractivity contribution in [1.29, 1.82) is 0 Å². The number of benzene rings is 1. The molecule has 0 spiro atoms. The number of carbonyl (C=O) groups excluding carboxylic acids is 2. The van der Waals surface area contributed by atoms with Crippen LogP contribution >= 0.6 is 0 Å². The van der Waals surface area contributed by atoms with E-state index in [1.807, 2.05) is 44.2 Å². The molecule has 26 heavy (non-hydrogen) atoms. The highest BCUT2D eigenvalue weighted by Crippen LogP contribution is 2.26. The van der Waals surface area contributed by atoms with E-state index >= 15 is 0 Å². The van der Waals surface area contributed by atoms with Crippen molar-refractivity contribution in [3.05, 3.63) is 59.7 Å². The molecule has 0 bridgehead atoms. The summed E-state index contributed by atoms with van der Waals surface area (Å²) in [4.78, 5) is 23.8. The first-order valence-corrected chi connectivity index (χ1v) is 8.94. The molecule has 2 N–H and O–H groups in total. The van der Waals surface area contributed by atoms with E-state index in [0.717, 1.165) is 35.3 Å². The standard InChI is InChI=1S/C21H27N3O2/c1-15(2)18-10-9-16(3)19(13-18)23-24-21(26)12-11-20(25)22-14-17-7-5-4-6-8-17/h4-9,18H,1,10-14H2,2-3H3,(H,22,25)(H,24,26)/b23-19+/t18-/m0/s1. The molecule has 0 saturated carbocycles. The van der Waals surface area contributed by atoms with Gasteiger partial charge in [-0.15, -0.1) is 0 Å². The van der Waals surface area contributed by atoms with Gasteiger partial charge in [0, 0.05) is 19.4 Å². The molecule has 0 aromatic heterocycles. The predicted molar refractivity (Wildman–Crippen MR) is 104 cm³/mol. The fourth-order valence-corrected chi connectivity index (χ4v) is 2.72. The van der Waals surface area contributed by atoms with Gasteiger partial charge in [-0.05, 0) is 43.7 Å². The van der Waals surface area contributed by atoms with Gasteiger partial charge < -0.3 is 5.32 Å². The Balaban J connectivity index is 1.74. The summed E-state index contributed by atoms with van der Waals surface area (Å²) in [5.41, 5.74) is 6.70. The molecule has 2 rings (SSSR count). The van der Waals surface area contributed by atoms with Crippen LogP contribution < -0.4 is 10.7 Å². The minimum absolute atomic E-state index is 0.115. The first-order chi connectivity index (χ1) is 12.5. The molecule has 0 unspecified atom stereocenters. The fraction of sp³-hybridized carbons (Fsp3) is 0.381. The van der Waals surface area contributed by atoms with Crippen molar-refractivity contribution in [2.45, 2.75) is 46.1 Å². The molecule has 0 radical (unpaired) electrons. The third kappa shape index (κ3) is 6.31. The van der Waals surface area contributed by atoms with Gasteiger partial charge in [0.05, 0.1) is 5.71 Å². The van der Waals surface area contributed by atoms with Gasteiger partial charge >= 0.3 is 0 Å². The van der Waals surface area contributed by atoms with Crippen LogP contribution in [0.1, 0.15) is 45.1 Å². The Bertz CT molecular complexity index is 720. The second-order valence-corrected chi connectivity index (χ2v) is 6.73. The zero-order chi connectivity index (χ0) is 18.9. The molecular weight excluding hydrogens is 326 g/mol. The van der Waals surface area contributed by atoms with Gasteiger partial charge in [0.25, 0.3) is 0 Å². The number of hydrazone groups is 1. The number of carbonyl (C=O) groups is 2. The SMILES string of the molecule is C=C(C)[C@H]1CC=C(C)/C(=N/NC(=O)CCC(=O)NCc2ccccc2)C1. The van der Waals surface area contributed by atoms with Crippen LogP contribution in [0, 0.1) is 5.92 Å². The van der Waals surface area contributed by atoms with Crippen LogP contribution in [0.15, 0.2) is 59.2 Å². The number of allylic oxidation sites excluding steroid dienone is 3. The van der Waals surface area contributed by atoms with Gasteiger partial charge in [-0.1, -0.05) is 48.6 Å². The molecule has 1 aromatic rings. The Kier molecular flexibility index (Phi) is 7.33. The number of amides is 2. The number of hydrogen-bond donors (Lipinski definition) is 2. The molecule has 1 atom stereocenters. The highest BCUT2D eigenvalue weighted by atomic mass is 16.2. The Hall–Kier alpha value is -2.69. The van der Waals surface area contributed by atoms with Gasteiger partial charge in [0.2, 0.25) is 11.8 Å². The third-order valence-electron chi connectivity index (χ3n) is 4.53. The van der Waals surface area contributed by atoms with E-state index in [9.17, 15) is 9.59 Å². The van der Waals surface area contributed by atoms with Crippen molar-refractivity contribution in [2.75, 3.05) is 0 Å². The third-order valence-corrected chi connectivity index (χ3v) is 4.53. The lowest BCUT2D eigenvalue weighted by molar-refractivity contribution is -0.126. The van der Waals surface area contributed by atoms with Crippen LogP contribution in [0.25, 0.3) is 0 Å². The van der Waals surface area contributed by atoms with Gasteiger partial charge in [0.15, 0.2) is 0 Å². The quantitative estimate of drug-likeness (QED) is 0.582. The van der Waals surface area contributed by atoms with Crippen molar-refractivity contribution < 1.29 is 9.59 Å². The molecule has 0 fully saturated rings. The summed E-state index contributed by atoms with van der Waals surface area (Å²) in [6.45, 7) is 8.49. The number of nitrogens with zero attached hydrogens (tertiary/aromatic N) is 1. The molecule has 138 valence electrons. The Labute approximate surface area is 155 Å². The predicted octanol–water partition coefficient (Wildman–Crippen LogP) is 3.49. The average molecular weight is 353 g/mol. The molecule has 5 nitrogen and oxygen atoms in total. The lowest BCUT2D eigenvalue weighted by atomic mass is 9.85. The van der Waals surface area contributed by atoms with E-state index in [1.54, 1.807) is 0 Å². The topological polar surface area (TPSA) is 70.6 Å². The fourth-order valence-electron chi connectivity index (χ4n) is 2.72. The summed E-state index contributed by atoms with van der Waals surface area (Å²) in [5, 5.41) is 7.06. The van der Waals surface area contributed by atoms with Crippen molar-refractivity contribution in [3.63, 3.8) is 0 Å². The summed E-state index contributed by atoms with van der Waals surface area (Å²) < 4.78 is 0. The van der Waals surface area contributed by atoms with E-state index in [0.29, 0.717) is 12.5 Å². The number of hydrogen-bond acceptors (Lipinski definition) is 3. The van der Waals surface area contributed by atoms with Gasteiger partial charge in [0.1, 0.15) is 0 Å². The molecule has 0 aliphatic heterocycles. The number of nitrogens with one attached hydrogen (secondary N) is 2. The van der Waals surface area contributed by atoms with Gasteiger partial charge in [-0.25, -0.2) is 5.43 Å². The van der Waals surface area contributed by atoms with Crippen LogP contribution in [0.4, 0.5) is 0 Å². The van der Waals surface area contributed by atoms with Crippen LogP contribution in [0.5, 0.6) is 0 Å². The minimum Gasteiger partial charge on any atom is -0.352 e. The smallest absolute Gasteiger partial charge is 0.240 e. The lowest BCUT2D eigenvalue weighted by Crippen LogP contribution is -2.26. The summed E-state index contributed by atoms with van der Waals surface area (Å²) in [5.74, 6) is -0.0246. The molecule has 5 heteroatoms. The van der Waals surface area contributed by atoms with E-state index in [-0.39, 0.29) is 24.7 Å². The Morgan fingerprint density at radius 2 is 1.88 bits per heavy atom. The maximum absolute atomic E-state index is 12.0. The van der Waals surface area contributed by atoms with E-state index in [1.165, 1.54) is 0 Å². The second-order valence-electron chi connectivity index (χ2n) is 6.73. The highest BCUT2D eigenvalue weighted by Gasteiger charge is 2.18. The molecule has 1 aliphatic carbocycles. The van der Waals surface area contributed by atoms with Gasteiger partial charge in [-0.3, -0.25) is 9.59 Å². The minimum atomic E-state index is -0.252. The van der Waals surface area contributed by atoms with Crippen molar-refractivity contribution in [2.24, 2.45) is 11.0 Å². The van der Waals surface area contributed by atoms with Crippen LogP contribution in [0.2, 0.25) is 0 Å². The largest absolute Gasteiger partial charge is 0.352 e. The van der Waals surface area contributed by atoms with E-state index in [4.69, 9.17) is 0 Å². The summed E-state index contributed by atoms with van der Waals surface area (Å²) in [6.07, 6.45) is 4.15. The molecule has 1 aromatic carbocycles. The van der Waals surface area contributed by atoms with Crippen molar-refractivity contribution >= 4 is 17.5 Å². The summed E-state index contributed by atoms with van der Waals surface area (Å²) >= 11 is 0. The van der Waals surface area contributed by atoms with Crippen LogP contribution in [-0.2, 0) is 16.1 Å².